The molecule has 0 atom stereocenters. The fourth-order valence-corrected chi connectivity index (χ4v) is 3.38. The van der Waals surface area contributed by atoms with Crippen LogP contribution in [0.2, 0.25) is 0 Å². The number of nitrogens with one attached hydrogen (secondary N) is 3. The standard InChI is InChI=1S/C26H32N4O/c1-19-8-5-10-21(16-19)28-23-12-13-24(26(31)27-14-7-15-30(3)4)25(18-23)29-22-11-6-9-20(2)17-22/h5-6,8-13,16-18,28-29H,7,14-15H2,1-4H3,(H,27,31). The molecule has 3 N–H and O–H groups in total. The summed E-state index contributed by atoms with van der Waals surface area (Å²) in [4.78, 5) is 15.0. The maximum Gasteiger partial charge on any atom is 0.253 e. The van der Waals surface area contributed by atoms with Crippen LogP contribution in [0.1, 0.15) is 27.9 Å². The Morgan fingerprint density at radius 3 is 2.03 bits per heavy atom. The number of carbonyl (C=O) groups excluding carboxylic acids is 1. The van der Waals surface area contributed by atoms with E-state index in [1.807, 2.05) is 56.6 Å². The molecule has 3 aromatic carbocycles. The van der Waals surface area contributed by atoms with Crippen LogP contribution < -0.4 is 16.0 Å². The Morgan fingerprint density at radius 2 is 1.42 bits per heavy atom. The molecule has 0 saturated carbocycles. The van der Waals surface area contributed by atoms with Crippen molar-refractivity contribution in [1.29, 1.82) is 0 Å². The summed E-state index contributed by atoms with van der Waals surface area (Å²) in [5.74, 6) is -0.0731. The van der Waals surface area contributed by atoms with Gasteiger partial charge >= 0.3 is 0 Å². The molecule has 5 nitrogen and oxygen atoms in total. The van der Waals surface area contributed by atoms with Gasteiger partial charge in [0, 0.05) is 23.6 Å². The van der Waals surface area contributed by atoms with Gasteiger partial charge in [-0.05, 0) is 94.5 Å². The number of hydrogen-bond donors (Lipinski definition) is 3. The Labute approximate surface area is 185 Å². The third-order valence-corrected chi connectivity index (χ3v) is 4.94. The Hall–Kier alpha value is -3.31. The second-order valence-corrected chi connectivity index (χ2v) is 8.16. The van der Waals surface area contributed by atoms with Crippen molar-refractivity contribution in [3.05, 3.63) is 83.4 Å². The van der Waals surface area contributed by atoms with Crippen LogP contribution in [0.25, 0.3) is 0 Å². The molecule has 0 unspecified atom stereocenters. The Balaban J connectivity index is 1.83. The molecule has 5 heteroatoms. The lowest BCUT2D eigenvalue weighted by molar-refractivity contribution is 0.0953. The van der Waals surface area contributed by atoms with Crippen LogP contribution in [0.15, 0.2) is 66.7 Å². The van der Waals surface area contributed by atoms with E-state index in [-0.39, 0.29) is 5.91 Å². The monoisotopic (exact) mass is 416 g/mol. The van der Waals surface area contributed by atoms with Crippen LogP contribution in [0.4, 0.5) is 22.7 Å². The van der Waals surface area contributed by atoms with Crippen molar-refractivity contribution in [2.45, 2.75) is 20.3 Å². The van der Waals surface area contributed by atoms with Gasteiger partial charge in [0.2, 0.25) is 0 Å². The number of nitrogens with zero attached hydrogens (tertiary/aromatic N) is 1. The second kappa shape index (κ2) is 10.6. The normalized spacial score (nSPS) is 10.7. The minimum atomic E-state index is -0.0731. The molecule has 162 valence electrons. The molecule has 3 rings (SSSR count). The molecule has 0 saturated heterocycles. The quantitative estimate of drug-likeness (QED) is 0.405. The molecule has 31 heavy (non-hydrogen) atoms. The first-order chi connectivity index (χ1) is 14.9. The fraction of sp³-hybridized carbons (Fsp3) is 0.269. The van der Waals surface area contributed by atoms with Crippen molar-refractivity contribution in [1.82, 2.24) is 10.2 Å². The fourth-order valence-electron chi connectivity index (χ4n) is 3.38. The third-order valence-electron chi connectivity index (χ3n) is 4.94. The van der Waals surface area contributed by atoms with Gasteiger partial charge in [0.05, 0.1) is 11.3 Å². The number of hydrogen-bond acceptors (Lipinski definition) is 4. The van der Waals surface area contributed by atoms with Gasteiger partial charge in [-0.15, -0.1) is 0 Å². The average Bonchev–Trinajstić information content (AvgIpc) is 2.71. The smallest absolute Gasteiger partial charge is 0.253 e. The summed E-state index contributed by atoms with van der Waals surface area (Å²) >= 11 is 0. The zero-order valence-electron chi connectivity index (χ0n) is 18.8. The molecule has 0 bridgehead atoms. The van der Waals surface area contributed by atoms with E-state index in [0.717, 1.165) is 41.3 Å². The van der Waals surface area contributed by atoms with Crippen LogP contribution in [-0.4, -0.2) is 38.0 Å². The molecular formula is C26H32N4O. The number of carbonyl (C=O) groups is 1. The molecule has 0 aromatic heterocycles. The summed E-state index contributed by atoms with van der Waals surface area (Å²) in [6.45, 7) is 5.71. The first kappa shape index (κ1) is 22.4. The first-order valence-electron chi connectivity index (χ1n) is 10.6. The van der Waals surface area contributed by atoms with E-state index in [9.17, 15) is 4.79 Å². The number of benzene rings is 3. The molecule has 0 fully saturated rings. The van der Waals surface area contributed by atoms with E-state index in [1.165, 1.54) is 5.56 Å². The van der Waals surface area contributed by atoms with Crippen LogP contribution in [-0.2, 0) is 0 Å². The highest BCUT2D eigenvalue weighted by atomic mass is 16.1. The summed E-state index contributed by atoms with van der Waals surface area (Å²) in [6, 6.07) is 22.2. The highest BCUT2D eigenvalue weighted by molar-refractivity contribution is 6.01. The molecule has 0 aliphatic rings. The largest absolute Gasteiger partial charge is 0.355 e. The molecule has 0 heterocycles. The summed E-state index contributed by atoms with van der Waals surface area (Å²) in [5.41, 5.74) is 6.64. The number of anilines is 4. The van der Waals surface area contributed by atoms with Crippen LogP contribution in [0.5, 0.6) is 0 Å². The van der Waals surface area contributed by atoms with Crippen LogP contribution in [0.3, 0.4) is 0 Å². The van der Waals surface area contributed by atoms with Crippen LogP contribution >= 0.6 is 0 Å². The van der Waals surface area contributed by atoms with Crippen LogP contribution in [0, 0.1) is 13.8 Å². The van der Waals surface area contributed by atoms with Gasteiger partial charge in [-0.25, -0.2) is 0 Å². The topological polar surface area (TPSA) is 56.4 Å². The van der Waals surface area contributed by atoms with E-state index in [4.69, 9.17) is 0 Å². The van der Waals surface area contributed by atoms with Gasteiger partial charge in [-0.2, -0.15) is 0 Å². The van der Waals surface area contributed by atoms with E-state index in [1.54, 1.807) is 0 Å². The van der Waals surface area contributed by atoms with Crippen molar-refractivity contribution < 1.29 is 4.79 Å². The van der Waals surface area contributed by atoms with Crippen molar-refractivity contribution in [2.24, 2.45) is 0 Å². The van der Waals surface area contributed by atoms with Crippen molar-refractivity contribution in [2.75, 3.05) is 37.8 Å². The number of aryl methyl sites for hydroxylation is 2. The minimum Gasteiger partial charge on any atom is -0.355 e. The molecule has 3 aromatic rings. The van der Waals surface area contributed by atoms with Gasteiger partial charge in [0.25, 0.3) is 5.91 Å². The third kappa shape index (κ3) is 6.86. The lowest BCUT2D eigenvalue weighted by Gasteiger charge is -2.16. The Kier molecular flexibility index (Phi) is 7.68. The SMILES string of the molecule is Cc1cccc(Nc2ccc(C(=O)NCCCN(C)C)c(Nc3cccc(C)c3)c2)c1. The summed E-state index contributed by atoms with van der Waals surface area (Å²) < 4.78 is 0. The predicted molar refractivity (Wildman–Crippen MR) is 131 cm³/mol. The molecular weight excluding hydrogens is 384 g/mol. The zero-order chi connectivity index (χ0) is 22.2. The van der Waals surface area contributed by atoms with E-state index in [2.05, 4.69) is 59.0 Å². The lowest BCUT2D eigenvalue weighted by atomic mass is 10.1. The maximum atomic E-state index is 12.9. The van der Waals surface area contributed by atoms with E-state index in [0.29, 0.717) is 12.1 Å². The molecule has 0 aliphatic heterocycles. The molecule has 1 amide bonds. The minimum absolute atomic E-state index is 0.0731. The van der Waals surface area contributed by atoms with Crippen molar-refractivity contribution in [3.8, 4) is 0 Å². The average molecular weight is 417 g/mol. The van der Waals surface area contributed by atoms with Gasteiger partial charge in [-0.1, -0.05) is 24.3 Å². The zero-order valence-corrected chi connectivity index (χ0v) is 18.8. The predicted octanol–water partition coefficient (Wildman–Crippen LogP) is 5.47. The van der Waals surface area contributed by atoms with E-state index < -0.39 is 0 Å². The van der Waals surface area contributed by atoms with Gasteiger partial charge in [0.1, 0.15) is 0 Å². The lowest BCUT2D eigenvalue weighted by Crippen LogP contribution is -2.27. The highest BCUT2D eigenvalue weighted by Gasteiger charge is 2.13. The Morgan fingerprint density at radius 1 is 0.806 bits per heavy atom. The molecule has 0 radical (unpaired) electrons. The summed E-state index contributed by atoms with van der Waals surface area (Å²) in [6.07, 6.45) is 0.909. The van der Waals surface area contributed by atoms with Gasteiger partial charge in [-0.3, -0.25) is 4.79 Å². The van der Waals surface area contributed by atoms with Crippen molar-refractivity contribution >= 4 is 28.7 Å². The molecule has 0 aliphatic carbocycles. The maximum absolute atomic E-state index is 12.9. The van der Waals surface area contributed by atoms with Gasteiger partial charge in [0.15, 0.2) is 0 Å². The molecule has 0 spiro atoms. The number of rotatable bonds is 9. The summed E-state index contributed by atoms with van der Waals surface area (Å²) in [5, 5.41) is 9.91. The van der Waals surface area contributed by atoms with Gasteiger partial charge < -0.3 is 20.9 Å². The second-order valence-electron chi connectivity index (χ2n) is 8.16. The van der Waals surface area contributed by atoms with Crippen molar-refractivity contribution in [3.63, 3.8) is 0 Å². The number of amides is 1. The first-order valence-corrected chi connectivity index (χ1v) is 10.6. The summed E-state index contributed by atoms with van der Waals surface area (Å²) in [7, 11) is 4.07. The van der Waals surface area contributed by atoms with E-state index >= 15 is 0 Å². The Bertz CT molecular complexity index is 1030. The highest BCUT2D eigenvalue weighted by Crippen LogP contribution is 2.27.